The first-order chi connectivity index (χ1) is 15.6. The molecule has 1 fully saturated rings. The molecule has 1 aliphatic carbocycles. The summed E-state index contributed by atoms with van der Waals surface area (Å²) in [6.45, 7) is 0. The second kappa shape index (κ2) is 6.95. The van der Waals surface area contributed by atoms with E-state index in [2.05, 4.69) is 28.7 Å². The lowest BCUT2D eigenvalue weighted by atomic mass is 9.93. The molecule has 0 bridgehead atoms. The quantitative estimate of drug-likeness (QED) is 0.446. The van der Waals surface area contributed by atoms with Crippen molar-refractivity contribution in [2.45, 2.75) is 18.4 Å². The normalized spacial score (nSPS) is 18.2. The highest BCUT2D eigenvalue weighted by atomic mass is 16.3. The zero-order valence-electron chi connectivity index (χ0n) is 17.2. The molecule has 1 unspecified atom stereocenters. The molecule has 4 aromatic rings. The topological polar surface area (TPSA) is 55.1 Å². The highest BCUT2D eigenvalue weighted by Crippen LogP contribution is 2.40. The van der Waals surface area contributed by atoms with Gasteiger partial charge in [0.25, 0.3) is 5.56 Å². The van der Waals surface area contributed by atoms with E-state index in [-0.39, 0.29) is 11.4 Å². The van der Waals surface area contributed by atoms with E-state index in [0.717, 1.165) is 24.0 Å². The van der Waals surface area contributed by atoms with Crippen molar-refractivity contribution in [3.05, 3.63) is 106 Å². The van der Waals surface area contributed by atoms with Crippen molar-refractivity contribution in [3.63, 3.8) is 0 Å². The summed E-state index contributed by atoms with van der Waals surface area (Å²) in [5.74, 6) is 13.2. The fraction of sp³-hybridized carbons (Fsp3) is 0.143. The van der Waals surface area contributed by atoms with Crippen molar-refractivity contribution >= 4 is 10.9 Å². The van der Waals surface area contributed by atoms with Crippen LogP contribution in [0.4, 0.5) is 0 Å². The Morgan fingerprint density at radius 2 is 1.72 bits per heavy atom. The van der Waals surface area contributed by atoms with Gasteiger partial charge in [-0.3, -0.25) is 9.36 Å². The zero-order valence-corrected chi connectivity index (χ0v) is 17.2. The fourth-order valence-electron chi connectivity index (χ4n) is 4.04. The summed E-state index contributed by atoms with van der Waals surface area (Å²) < 4.78 is 1.48. The number of fused-ring (bicyclic) bond motifs is 4. The van der Waals surface area contributed by atoms with Crippen LogP contribution in [0.1, 0.15) is 35.4 Å². The maximum Gasteiger partial charge on any atom is 0.266 e. The van der Waals surface area contributed by atoms with Crippen LogP contribution in [0.3, 0.4) is 0 Å². The number of aliphatic hydroxyl groups is 1. The van der Waals surface area contributed by atoms with Gasteiger partial charge in [0.2, 0.25) is 5.60 Å². The average molecular weight is 414 g/mol. The largest absolute Gasteiger partial charge is 0.367 e. The monoisotopic (exact) mass is 414 g/mol. The van der Waals surface area contributed by atoms with Crippen LogP contribution in [0, 0.1) is 29.6 Å². The predicted molar refractivity (Wildman–Crippen MR) is 123 cm³/mol. The Labute approximate surface area is 185 Å². The summed E-state index contributed by atoms with van der Waals surface area (Å²) in [7, 11) is 0. The molecule has 4 nitrogen and oxygen atoms in total. The third-order valence-electron chi connectivity index (χ3n) is 5.89. The van der Waals surface area contributed by atoms with Crippen LogP contribution in [0.2, 0.25) is 0 Å². The van der Waals surface area contributed by atoms with E-state index in [9.17, 15) is 9.90 Å². The third kappa shape index (κ3) is 2.94. The fourth-order valence-corrected chi connectivity index (χ4v) is 4.04. The second-order valence-electron chi connectivity index (χ2n) is 8.20. The van der Waals surface area contributed by atoms with Crippen molar-refractivity contribution in [1.82, 2.24) is 9.55 Å². The molecule has 6 rings (SSSR count). The van der Waals surface area contributed by atoms with Gasteiger partial charge in [-0.25, -0.2) is 4.98 Å². The molecule has 4 heteroatoms. The van der Waals surface area contributed by atoms with Crippen molar-refractivity contribution in [2.24, 2.45) is 5.92 Å². The van der Waals surface area contributed by atoms with E-state index in [1.54, 1.807) is 12.1 Å². The molecule has 0 radical (unpaired) electrons. The standard InChI is InChI=1S/C28H18N2O2/c31-26-22-8-4-5-9-24(22)29-27-28(32,17-16-19-6-2-1-3-7-19)23-18-21(13-12-20-10-11-20)14-15-25(23)30(26)27/h1-9,14-15,18,20,32H,10-11H2. The number of hydrogen-bond donors (Lipinski definition) is 1. The number of para-hydroxylation sites is 1. The van der Waals surface area contributed by atoms with Gasteiger partial charge in [0, 0.05) is 22.6 Å². The Kier molecular flexibility index (Phi) is 4.05. The molecule has 1 aliphatic heterocycles. The summed E-state index contributed by atoms with van der Waals surface area (Å²) >= 11 is 0. The molecular formula is C28H18N2O2. The van der Waals surface area contributed by atoms with Crippen molar-refractivity contribution in [1.29, 1.82) is 0 Å². The first kappa shape index (κ1) is 18.6. The lowest BCUT2D eigenvalue weighted by Gasteiger charge is -2.17. The average Bonchev–Trinajstić information content (AvgIpc) is 3.63. The minimum atomic E-state index is -1.73. The van der Waals surface area contributed by atoms with Crippen molar-refractivity contribution in [3.8, 4) is 29.4 Å². The number of aromatic nitrogens is 2. The molecule has 32 heavy (non-hydrogen) atoms. The minimum absolute atomic E-state index is 0.215. The Hall–Kier alpha value is -4.12. The first-order valence-electron chi connectivity index (χ1n) is 10.6. The molecule has 1 atom stereocenters. The van der Waals surface area contributed by atoms with Gasteiger partial charge in [-0.15, -0.1) is 0 Å². The molecule has 0 amide bonds. The summed E-state index contributed by atoms with van der Waals surface area (Å²) in [5, 5.41) is 12.4. The van der Waals surface area contributed by atoms with Gasteiger partial charge in [0.1, 0.15) is 0 Å². The van der Waals surface area contributed by atoms with Crippen LogP contribution >= 0.6 is 0 Å². The van der Waals surface area contributed by atoms with Gasteiger partial charge in [0.15, 0.2) is 5.82 Å². The van der Waals surface area contributed by atoms with Crippen molar-refractivity contribution < 1.29 is 5.11 Å². The smallest absolute Gasteiger partial charge is 0.266 e. The molecule has 1 aromatic heterocycles. The van der Waals surface area contributed by atoms with Gasteiger partial charge in [0.05, 0.1) is 16.6 Å². The molecule has 2 heterocycles. The number of benzene rings is 3. The van der Waals surface area contributed by atoms with Crippen LogP contribution in [0.5, 0.6) is 0 Å². The lowest BCUT2D eigenvalue weighted by Crippen LogP contribution is -2.29. The second-order valence-corrected chi connectivity index (χ2v) is 8.20. The van der Waals surface area contributed by atoms with Gasteiger partial charge < -0.3 is 5.11 Å². The number of nitrogens with zero attached hydrogens (tertiary/aromatic N) is 2. The Morgan fingerprint density at radius 1 is 0.938 bits per heavy atom. The van der Waals surface area contributed by atoms with Crippen LogP contribution in [-0.4, -0.2) is 14.7 Å². The number of hydrogen-bond acceptors (Lipinski definition) is 3. The van der Waals surface area contributed by atoms with E-state index in [4.69, 9.17) is 0 Å². The summed E-state index contributed by atoms with van der Waals surface area (Å²) in [6.07, 6.45) is 2.28. The summed E-state index contributed by atoms with van der Waals surface area (Å²) in [5.41, 5.74) is 1.26. The summed E-state index contributed by atoms with van der Waals surface area (Å²) in [6, 6.07) is 22.2. The van der Waals surface area contributed by atoms with E-state index >= 15 is 0 Å². The van der Waals surface area contributed by atoms with E-state index in [1.807, 2.05) is 60.7 Å². The summed E-state index contributed by atoms with van der Waals surface area (Å²) in [4.78, 5) is 18.1. The van der Waals surface area contributed by atoms with Gasteiger partial charge in [-0.2, -0.15) is 0 Å². The molecule has 2 aliphatic rings. The van der Waals surface area contributed by atoms with E-state index < -0.39 is 5.60 Å². The molecule has 1 saturated carbocycles. The predicted octanol–water partition coefficient (Wildman–Crippen LogP) is 3.75. The molecule has 0 saturated heterocycles. The molecule has 1 N–H and O–H groups in total. The molecular weight excluding hydrogens is 396 g/mol. The maximum absolute atomic E-state index is 13.4. The number of rotatable bonds is 0. The van der Waals surface area contributed by atoms with Crippen molar-refractivity contribution in [2.75, 3.05) is 0 Å². The van der Waals surface area contributed by atoms with Crippen LogP contribution in [0.25, 0.3) is 16.6 Å². The van der Waals surface area contributed by atoms with E-state index in [0.29, 0.717) is 28.1 Å². The minimum Gasteiger partial charge on any atom is -0.367 e. The maximum atomic E-state index is 13.4. The van der Waals surface area contributed by atoms with Crippen LogP contribution in [-0.2, 0) is 5.60 Å². The molecule has 3 aromatic carbocycles. The molecule has 152 valence electrons. The van der Waals surface area contributed by atoms with Gasteiger partial charge in [-0.1, -0.05) is 48.1 Å². The Balaban J connectivity index is 1.62. The van der Waals surface area contributed by atoms with Crippen LogP contribution < -0.4 is 5.56 Å². The highest BCUT2D eigenvalue weighted by Gasteiger charge is 2.44. The highest BCUT2D eigenvalue weighted by molar-refractivity contribution is 5.79. The Bertz CT molecular complexity index is 1570. The third-order valence-corrected chi connectivity index (χ3v) is 5.89. The Morgan fingerprint density at radius 3 is 2.53 bits per heavy atom. The van der Waals surface area contributed by atoms with Crippen LogP contribution in [0.15, 0.2) is 77.6 Å². The first-order valence-corrected chi connectivity index (χ1v) is 10.6. The molecule has 0 spiro atoms. The van der Waals surface area contributed by atoms with Gasteiger partial charge >= 0.3 is 0 Å². The van der Waals surface area contributed by atoms with E-state index in [1.165, 1.54) is 4.57 Å². The lowest BCUT2D eigenvalue weighted by molar-refractivity contribution is 0.141. The SMILES string of the molecule is O=c1c2ccccc2nc2n1-c1ccc(C#CC3CC3)cc1C2(O)C#Cc1ccccc1. The van der Waals surface area contributed by atoms with Gasteiger partial charge in [-0.05, 0) is 61.2 Å². The zero-order chi connectivity index (χ0) is 21.7.